The molecule has 0 radical (unpaired) electrons. The summed E-state index contributed by atoms with van der Waals surface area (Å²) in [6.07, 6.45) is 0. The Balaban J connectivity index is 1.71. The fraction of sp³-hybridized carbons (Fsp3) is 0.261. The van der Waals surface area contributed by atoms with Gasteiger partial charge in [0.2, 0.25) is 0 Å². The molecule has 0 saturated heterocycles. The monoisotopic (exact) mass is 436 g/mol. The van der Waals surface area contributed by atoms with Crippen LogP contribution in [0.3, 0.4) is 0 Å². The van der Waals surface area contributed by atoms with E-state index < -0.39 is 12.0 Å². The molecule has 8 heteroatoms. The number of H-pyrrole nitrogens is 1. The Morgan fingerprint density at radius 2 is 2.00 bits per heavy atom. The van der Waals surface area contributed by atoms with Crippen molar-refractivity contribution in [2.75, 3.05) is 12.4 Å². The molecular weight excluding hydrogens is 412 g/mol. The first-order valence-electron chi connectivity index (χ1n) is 10.1. The zero-order chi connectivity index (χ0) is 22.0. The number of aromatic amines is 1. The molecule has 7 nitrogen and oxygen atoms in total. The Morgan fingerprint density at radius 3 is 2.77 bits per heavy atom. The maximum Gasteiger partial charge on any atom is 0.338 e. The van der Waals surface area contributed by atoms with E-state index in [1.807, 2.05) is 56.3 Å². The molecule has 3 aromatic rings. The predicted molar refractivity (Wildman–Crippen MR) is 121 cm³/mol. The number of urea groups is 1. The molecular formula is C23H24N4O3S. The summed E-state index contributed by atoms with van der Waals surface area (Å²) in [5.41, 5.74) is 5.67. The Hall–Kier alpha value is -3.26. The molecule has 0 spiro atoms. The molecule has 0 fully saturated rings. The van der Waals surface area contributed by atoms with Gasteiger partial charge in [-0.2, -0.15) is 0 Å². The Bertz CT molecular complexity index is 1150. The van der Waals surface area contributed by atoms with Crippen LogP contribution in [0.2, 0.25) is 0 Å². The van der Waals surface area contributed by atoms with Crippen molar-refractivity contribution in [3.63, 3.8) is 0 Å². The summed E-state index contributed by atoms with van der Waals surface area (Å²) >= 11 is 1.42. The highest BCUT2D eigenvalue weighted by Gasteiger charge is 2.34. The molecule has 2 heterocycles. The van der Waals surface area contributed by atoms with Crippen LogP contribution in [-0.4, -0.2) is 34.3 Å². The maximum atomic E-state index is 12.9. The minimum absolute atomic E-state index is 0.250. The smallest absolute Gasteiger partial charge is 0.338 e. The van der Waals surface area contributed by atoms with Gasteiger partial charge in [-0.05, 0) is 44.0 Å². The third-order valence-corrected chi connectivity index (χ3v) is 6.02. The molecule has 1 aromatic heterocycles. The molecule has 2 aromatic carbocycles. The number of rotatable bonds is 6. The molecule has 1 aliphatic rings. The third-order valence-electron chi connectivity index (χ3n) is 5.12. The number of para-hydroxylation sites is 2. The zero-order valence-electron chi connectivity index (χ0n) is 17.6. The molecule has 160 valence electrons. The van der Waals surface area contributed by atoms with Crippen LogP contribution in [0.1, 0.15) is 29.7 Å². The molecule has 31 heavy (non-hydrogen) atoms. The Kier molecular flexibility index (Phi) is 5.99. The highest BCUT2D eigenvalue weighted by atomic mass is 32.2. The van der Waals surface area contributed by atoms with Gasteiger partial charge in [-0.3, -0.25) is 0 Å². The standard InChI is InChI=1S/C23H24N4O3S/c1-4-30-21(28)19-18(12-31-23-25-16-7-5-6-8-17(16)26-23)24-22(29)27-20(19)15-11-13(2)9-10-14(15)3/h5-11,20H,4,12H2,1-3H3,(H,25,26)(H2,24,27,29)/t20-/m1/s1. The summed E-state index contributed by atoms with van der Waals surface area (Å²) in [7, 11) is 0. The van der Waals surface area contributed by atoms with Crippen molar-refractivity contribution < 1.29 is 14.3 Å². The van der Waals surface area contributed by atoms with Crippen LogP contribution in [0.4, 0.5) is 4.79 Å². The number of ether oxygens (including phenoxy) is 1. The quantitative estimate of drug-likeness (QED) is 0.399. The summed E-state index contributed by atoms with van der Waals surface area (Å²) in [4.78, 5) is 33.3. The average Bonchev–Trinajstić information content (AvgIpc) is 3.16. The minimum atomic E-state index is -0.584. The summed E-state index contributed by atoms with van der Waals surface area (Å²) in [6.45, 7) is 5.97. The molecule has 3 N–H and O–H groups in total. The highest BCUT2D eigenvalue weighted by molar-refractivity contribution is 7.99. The highest BCUT2D eigenvalue weighted by Crippen LogP contribution is 2.32. The van der Waals surface area contributed by atoms with Crippen LogP contribution < -0.4 is 10.6 Å². The second kappa shape index (κ2) is 8.85. The van der Waals surface area contributed by atoms with E-state index in [1.165, 1.54) is 11.8 Å². The normalized spacial score (nSPS) is 16.2. The van der Waals surface area contributed by atoms with E-state index >= 15 is 0 Å². The van der Waals surface area contributed by atoms with Crippen molar-refractivity contribution in [1.29, 1.82) is 0 Å². The number of benzene rings is 2. The number of imidazole rings is 1. The van der Waals surface area contributed by atoms with E-state index in [2.05, 4.69) is 20.6 Å². The summed E-state index contributed by atoms with van der Waals surface area (Å²) in [5.74, 6) is -0.0796. The van der Waals surface area contributed by atoms with Crippen molar-refractivity contribution in [3.05, 3.63) is 70.4 Å². The summed E-state index contributed by atoms with van der Waals surface area (Å²) < 4.78 is 5.35. The van der Waals surface area contributed by atoms with Gasteiger partial charge in [0.05, 0.1) is 29.3 Å². The van der Waals surface area contributed by atoms with Gasteiger partial charge < -0.3 is 20.4 Å². The van der Waals surface area contributed by atoms with Crippen LogP contribution in [0, 0.1) is 13.8 Å². The van der Waals surface area contributed by atoms with Gasteiger partial charge in [-0.15, -0.1) is 0 Å². The van der Waals surface area contributed by atoms with E-state index in [-0.39, 0.29) is 12.6 Å². The first-order valence-corrected chi connectivity index (χ1v) is 11.1. The first-order chi connectivity index (χ1) is 15.0. The fourth-order valence-corrected chi connectivity index (χ4v) is 4.48. The van der Waals surface area contributed by atoms with Crippen molar-refractivity contribution in [2.45, 2.75) is 32.0 Å². The lowest BCUT2D eigenvalue weighted by Crippen LogP contribution is -2.46. The van der Waals surface area contributed by atoms with Gasteiger partial charge in [-0.25, -0.2) is 14.6 Å². The summed E-state index contributed by atoms with van der Waals surface area (Å²) in [5, 5.41) is 6.42. The SMILES string of the molecule is CCOC(=O)C1=C(CSc2nc3ccccc3[nH]2)NC(=O)N[C@@H]1c1cc(C)ccc1C. The number of esters is 1. The number of aryl methyl sites for hydroxylation is 2. The number of aromatic nitrogens is 2. The number of carbonyl (C=O) groups excluding carboxylic acids is 2. The molecule has 0 saturated carbocycles. The molecule has 2 amide bonds. The zero-order valence-corrected chi connectivity index (χ0v) is 18.4. The lowest BCUT2D eigenvalue weighted by atomic mass is 9.91. The topological polar surface area (TPSA) is 96.1 Å². The average molecular weight is 437 g/mol. The maximum absolute atomic E-state index is 12.9. The number of nitrogens with one attached hydrogen (secondary N) is 3. The number of hydrogen-bond donors (Lipinski definition) is 3. The van der Waals surface area contributed by atoms with E-state index in [9.17, 15) is 9.59 Å². The van der Waals surface area contributed by atoms with Crippen molar-refractivity contribution in [3.8, 4) is 0 Å². The molecule has 0 bridgehead atoms. The number of nitrogens with zero attached hydrogens (tertiary/aromatic N) is 1. The molecule has 0 unspecified atom stereocenters. The molecule has 1 aliphatic heterocycles. The van der Waals surface area contributed by atoms with E-state index in [1.54, 1.807) is 6.92 Å². The van der Waals surface area contributed by atoms with Gasteiger partial charge in [-0.1, -0.05) is 47.7 Å². The predicted octanol–water partition coefficient (Wildman–Crippen LogP) is 4.14. The van der Waals surface area contributed by atoms with Crippen LogP contribution in [0.25, 0.3) is 11.0 Å². The second-order valence-electron chi connectivity index (χ2n) is 7.35. The number of fused-ring (bicyclic) bond motifs is 1. The Labute approximate surface area is 184 Å². The number of amides is 2. The van der Waals surface area contributed by atoms with E-state index in [0.717, 1.165) is 27.7 Å². The fourth-order valence-electron chi connectivity index (χ4n) is 3.62. The molecule has 0 aliphatic carbocycles. The Morgan fingerprint density at radius 1 is 1.19 bits per heavy atom. The number of carbonyl (C=O) groups is 2. The lowest BCUT2D eigenvalue weighted by Gasteiger charge is -2.30. The van der Waals surface area contributed by atoms with Gasteiger partial charge in [0.25, 0.3) is 0 Å². The number of thioether (sulfide) groups is 1. The third kappa shape index (κ3) is 4.44. The number of hydrogen-bond acceptors (Lipinski definition) is 5. The van der Waals surface area contributed by atoms with E-state index in [4.69, 9.17) is 4.74 Å². The second-order valence-corrected chi connectivity index (χ2v) is 8.32. The summed E-state index contributed by atoms with van der Waals surface area (Å²) in [6, 6.07) is 12.8. The van der Waals surface area contributed by atoms with Crippen LogP contribution in [0.15, 0.2) is 58.9 Å². The van der Waals surface area contributed by atoms with Gasteiger partial charge in [0, 0.05) is 11.4 Å². The van der Waals surface area contributed by atoms with Crippen LogP contribution in [-0.2, 0) is 9.53 Å². The molecule has 4 rings (SSSR count). The van der Waals surface area contributed by atoms with Crippen LogP contribution >= 0.6 is 11.8 Å². The van der Waals surface area contributed by atoms with Crippen molar-refractivity contribution in [2.24, 2.45) is 0 Å². The van der Waals surface area contributed by atoms with Gasteiger partial charge in [0.1, 0.15) is 0 Å². The van der Waals surface area contributed by atoms with Crippen LogP contribution in [0.5, 0.6) is 0 Å². The molecule has 1 atom stereocenters. The largest absolute Gasteiger partial charge is 0.463 e. The lowest BCUT2D eigenvalue weighted by molar-refractivity contribution is -0.139. The van der Waals surface area contributed by atoms with Gasteiger partial charge in [0.15, 0.2) is 5.16 Å². The first kappa shape index (κ1) is 21.0. The minimum Gasteiger partial charge on any atom is -0.463 e. The van der Waals surface area contributed by atoms with Crippen molar-refractivity contribution in [1.82, 2.24) is 20.6 Å². The van der Waals surface area contributed by atoms with Gasteiger partial charge >= 0.3 is 12.0 Å². The van der Waals surface area contributed by atoms with Crippen molar-refractivity contribution >= 4 is 34.8 Å². The van der Waals surface area contributed by atoms with E-state index in [0.29, 0.717) is 22.2 Å².